The highest BCUT2D eigenvalue weighted by atomic mass is 79.9. The SMILES string of the molecule is CCN(C)C(=O)c1cc(Br)cc(S(=O)(=O)Cl)c1Cl. The third kappa shape index (κ3) is 3.38. The number of carbonyl (C=O) groups excluding carboxylic acids is 1. The van der Waals surface area contributed by atoms with Gasteiger partial charge in [-0.15, -0.1) is 0 Å². The zero-order valence-electron chi connectivity index (χ0n) is 9.58. The van der Waals surface area contributed by atoms with Gasteiger partial charge in [0, 0.05) is 28.7 Å². The largest absolute Gasteiger partial charge is 0.342 e. The van der Waals surface area contributed by atoms with E-state index in [0.717, 1.165) is 0 Å². The molecular weight excluding hydrogens is 365 g/mol. The standard InChI is InChI=1S/C10H10BrCl2NO3S/c1-3-14(2)10(15)7-4-6(11)5-8(9(7)12)18(13,16)17/h4-5H,3H2,1-2H3. The van der Waals surface area contributed by atoms with E-state index >= 15 is 0 Å². The lowest BCUT2D eigenvalue weighted by Gasteiger charge is -2.16. The number of amides is 1. The second-order valence-corrected chi connectivity index (χ2v) is 7.35. The number of carbonyl (C=O) groups is 1. The highest BCUT2D eigenvalue weighted by Crippen LogP contribution is 2.32. The summed E-state index contributed by atoms with van der Waals surface area (Å²) in [7, 11) is 2.85. The molecule has 18 heavy (non-hydrogen) atoms. The van der Waals surface area contributed by atoms with Crippen LogP contribution < -0.4 is 0 Å². The van der Waals surface area contributed by atoms with Crippen molar-refractivity contribution in [1.29, 1.82) is 0 Å². The van der Waals surface area contributed by atoms with Crippen LogP contribution in [0.25, 0.3) is 0 Å². The first kappa shape index (κ1) is 15.8. The van der Waals surface area contributed by atoms with Gasteiger partial charge in [-0.3, -0.25) is 4.79 Å². The maximum absolute atomic E-state index is 12.0. The van der Waals surface area contributed by atoms with Crippen LogP contribution in [0.2, 0.25) is 5.02 Å². The third-order valence-electron chi connectivity index (χ3n) is 2.32. The predicted octanol–water partition coefficient (Wildman–Crippen LogP) is 3.12. The summed E-state index contributed by atoms with van der Waals surface area (Å²) in [6.45, 7) is 2.27. The Labute approximate surface area is 123 Å². The molecule has 0 N–H and O–H groups in total. The van der Waals surface area contributed by atoms with Crippen molar-refractivity contribution in [2.75, 3.05) is 13.6 Å². The minimum absolute atomic E-state index is 0.0922. The van der Waals surface area contributed by atoms with Crippen LogP contribution in [-0.4, -0.2) is 32.8 Å². The molecule has 0 fully saturated rings. The molecule has 4 nitrogen and oxygen atoms in total. The fourth-order valence-electron chi connectivity index (χ4n) is 1.25. The Morgan fingerprint density at radius 1 is 1.44 bits per heavy atom. The molecule has 8 heteroatoms. The smallest absolute Gasteiger partial charge is 0.262 e. The molecule has 0 aromatic heterocycles. The van der Waals surface area contributed by atoms with Crippen LogP contribution in [-0.2, 0) is 9.05 Å². The quantitative estimate of drug-likeness (QED) is 0.763. The van der Waals surface area contributed by atoms with Gasteiger partial charge in [-0.1, -0.05) is 27.5 Å². The summed E-state index contributed by atoms with van der Waals surface area (Å²) in [6.07, 6.45) is 0. The van der Waals surface area contributed by atoms with Crippen LogP contribution in [0.3, 0.4) is 0 Å². The van der Waals surface area contributed by atoms with Crippen molar-refractivity contribution in [2.24, 2.45) is 0 Å². The van der Waals surface area contributed by atoms with Crippen LogP contribution >= 0.6 is 38.2 Å². The predicted molar refractivity (Wildman–Crippen MR) is 74.8 cm³/mol. The minimum atomic E-state index is -4.00. The van der Waals surface area contributed by atoms with Gasteiger partial charge >= 0.3 is 0 Å². The van der Waals surface area contributed by atoms with E-state index in [-0.39, 0.29) is 21.4 Å². The molecule has 0 saturated carbocycles. The van der Waals surface area contributed by atoms with Crippen molar-refractivity contribution in [3.63, 3.8) is 0 Å². The van der Waals surface area contributed by atoms with E-state index in [1.54, 1.807) is 14.0 Å². The molecule has 0 spiro atoms. The molecular formula is C10H10BrCl2NO3S. The van der Waals surface area contributed by atoms with Gasteiger partial charge in [-0.25, -0.2) is 8.42 Å². The van der Waals surface area contributed by atoms with E-state index in [1.165, 1.54) is 17.0 Å². The molecule has 0 radical (unpaired) electrons. The van der Waals surface area contributed by atoms with E-state index in [1.807, 2.05) is 0 Å². The molecule has 0 saturated heterocycles. The Morgan fingerprint density at radius 3 is 2.44 bits per heavy atom. The molecule has 1 aromatic carbocycles. The Kier molecular flexibility index (Phi) is 5.05. The van der Waals surface area contributed by atoms with Gasteiger partial charge in [0.1, 0.15) is 4.90 Å². The molecule has 0 aliphatic heterocycles. The molecule has 0 unspecified atom stereocenters. The van der Waals surface area contributed by atoms with Crippen molar-refractivity contribution < 1.29 is 13.2 Å². The molecule has 100 valence electrons. The molecule has 0 heterocycles. The summed E-state index contributed by atoms with van der Waals surface area (Å²) in [6, 6.07) is 2.72. The van der Waals surface area contributed by atoms with Crippen LogP contribution in [0.15, 0.2) is 21.5 Å². The highest BCUT2D eigenvalue weighted by Gasteiger charge is 2.23. The molecule has 1 aromatic rings. The third-order valence-corrected chi connectivity index (χ3v) is 4.64. The topological polar surface area (TPSA) is 54.5 Å². The minimum Gasteiger partial charge on any atom is -0.342 e. The summed E-state index contributed by atoms with van der Waals surface area (Å²) in [4.78, 5) is 13.1. The maximum Gasteiger partial charge on any atom is 0.262 e. The highest BCUT2D eigenvalue weighted by molar-refractivity contribution is 9.10. The van der Waals surface area contributed by atoms with Gasteiger partial charge in [0.25, 0.3) is 15.0 Å². The lowest BCUT2D eigenvalue weighted by atomic mass is 10.2. The van der Waals surface area contributed by atoms with Crippen molar-refractivity contribution in [2.45, 2.75) is 11.8 Å². The molecule has 0 aliphatic rings. The molecule has 0 bridgehead atoms. The molecule has 1 rings (SSSR count). The van der Waals surface area contributed by atoms with Gasteiger partial charge in [0.05, 0.1) is 10.6 Å². The average molecular weight is 375 g/mol. The number of hydrogen-bond acceptors (Lipinski definition) is 3. The number of rotatable bonds is 3. The van der Waals surface area contributed by atoms with E-state index in [0.29, 0.717) is 11.0 Å². The molecule has 1 amide bonds. The van der Waals surface area contributed by atoms with Crippen LogP contribution in [0.4, 0.5) is 0 Å². The lowest BCUT2D eigenvalue weighted by Crippen LogP contribution is -2.26. The summed E-state index contributed by atoms with van der Waals surface area (Å²) in [5.74, 6) is -0.370. The molecule has 0 atom stereocenters. The Balaban J connectivity index is 3.48. The van der Waals surface area contributed by atoms with Crippen molar-refractivity contribution in [1.82, 2.24) is 4.90 Å². The van der Waals surface area contributed by atoms with Gasteiger partial charge in [0.15, 0.2) is 0 Å². The fraction of sp³-hybridized carbons (Fsp3) is 0.300. The normalized spacial score (nSPS) is 11.4. The molecule has 0 aliphatic carbocycles. The number of nitrogens with zero attached hydrogens (tertiary/aromatic N) is 1. The van der Waals surface area contributed by atoms with Crippen molar-refractivity contribution >= 4 is 53.2 Å². The van der Waals surface area contributed by atoms with E-state index < -0.39 is 9.05 Å². The first-order chi connectivity index (χ1) is 8.18. The van der Waals surface area contributed by atoms with E-state index in [9.17, 15) is 13.2 Å². The van der Waals surface area contributed by atoms with Crippen LogP contribution in [0.1, 0.15) is 17.3 Å². The number of hydrogen-bond donors (Lipinski definition) is 0. The van der Waals surface area contributed by atoms with Crippen LogP contribution in [0, 0.1) is 0 Å². The van der Waals surface area contributed by atoms with Gasteiger partial charge in [-0.05, 0) is 19.1 Å². The summed E-state index contributed by atoms with van der Waals surface area (Å²) in [5.41, 5.74) is 0.0922. The fourth-order valence-corrected chi connectivity index (χ4v) is 3.43. The van der Waals surface area contributed by atoms with Crippen molar-refractivity contribution in [3.05, 3.63) is 27.2 Å². The van der Waals surface area contributed by atoms with Crippen molar-refractivity contribution in [3.8, 4) is 0 Å². The second-order valence-electron chi connectivity index (χ2n) is 3.52. The van der Waals surface area contributed by atoms with Gasteiger partial charge in [-0.2, -0.15) is 0 Å². The first-order valence-corrected chi connectivity index (χ1v) is 8.35. The number of halogens is 3. The average Bonchev–Trinajstić information content (AvgIpc) is 2.28. The van der Waals surface area contributed by atoms with E-state index in [2.05, 4.69) is 15.9 Å². The van der Waals surface area contributed by atoms with Crippen LogP contribution in [0.5, 0.6) is 0 Å². The lowest BCUT2D eigenvalue weighted by molar-refractivity contribution is 0.0802. The maximum atomic E-state index is 12.0. The Morgan fingerprint density at radius 2 is 2.00 bits per heavy atom. The van der Waals surface area contributed by atoms with E-state index in [4.69, 9.17) is 22.3 Å². The monoisotopic (exact) mass is 373 g/mol. The van der Waals surface area contributed by atoms with Gasteiger partial charge < -0.3 is 4.90 Å². The summed E-state index contributed by atoms with van der Waals surface area (Å²) >= 11 is 9.06. The summed E-state index contributed by atoms with van der Waals surface area (Å²) in [5, 5.41) is -0.168. The Hall–Kier alpha value is -0.300. The summed E-state index contributed by atoms with van der Waals surface area (Å²) < 4.78 is 23.1. The number of benzene rings is 1. The van der Waals surface area contributed by atoms with Gasteiger partial charge in [0.2, 0.25) is 0 Å². The Bertz CT molecular complexity index is 589. The second kappa shape index (κ2) is 5.77. The zero-order valence-corrected chi connectivity index (χ0v) is 13.5. The zero-order chi connectivity index (χ0) is 14.1. The first-order valence-electron chi connectivity index (χ1n) is 4.87.